The molecular weight excluding hydrogens is 300 g/mol. The van der Waals surface area contributed by atoms with Crippen molar-refractivity contribution in [3.63, 3.8) is 0 Å². The lowest BCUT2D eigenvalue weighted by Crippen LogP contribution is -2.47. The summed E-state index contributed by atoms with van der Waals surface area (Å²) in [6, 6.07) is 3.85. The number of phenols is 1. The largest absolute Gasteiger partial charge is 0.504 e. The predicted octanol–water partition coefficient (Wildman–Crippen LogP) is 1.89. The van der Waals surface area contributed by atoms with Crippen LogP contribution in [0.25, 0.3) is 0 Å². The molecule has 0 saturated heterocycles. The molecule has 1 heterocycles. The van der Waals surface area contributed by atoms with Crippen molar-refractivity contribution in [2.45, 2.75) is 13.0 Å². The van der Waals surface area contributed by atoms with E-state index in [1.165, 1.54) is 30.1 Å². The Morgan fingerprint density at radius 1 is 1.26 bits per heavy atom. The number of hydrogen-bond donors (Lipinski definition) is 1. The first kappa shape index (κ1) is 16.7. The number of amides is 2. The molecule has 0 saturated carbocycles. The van der Waals surface area contributed by atoms with Crippen LogP contribution < -0.4 is 4.74 Å². The Morgan fingerprint density at radius 2 is 1.91 bits per heavy atom. The number of phenolic OH excluding ortho intramolecular Hbond substituents is 1. The zero-order valence-electron chi connectivity index (χ0n) is 13.8. The average molecular weight is 320 g/mol. The second-order valence-corrected chi connectivity index (χ2v) is 5.28. The van der Waals surface area contributed by atoms with Crippen LogP contribution in [-0.2, 0) is 9.53 Å². The number of ether oxygens (including phenoxy) is 2. The van der Waals surface area contributed by atoms with E-state index in [2.05, 4.69) is 0 Å². The van der Waals surface area contributed by atoms with E-state index in [1.54, 1.807) is 33.2 Å². The van der Waals surface area contributed by atoms with Gasteiger partial charge in [-0.15, -0.1) is 0 Å². The molecule has 1 unspecified atom stereocenters. The molecule has 0 fully saturated rings. The molecule has 1 aliphatic heterocycles. The second-order valence-electron chi connectivity index (χ2n) is 5.28. The number of rotatable bonds is 3. The quantitative estimate of drug-likeness (QED) is 0.860. The van der Waals surface area contributed by atoms with E-state index < -0.39 is 12.0 Å². The second kappa shape index (κ2) is 6.20. The SMILES string of the molecule is COC(=O)C1=C(C)N(C)C(=O)N(C)C1c1ccc(O)c(OC)c1. The minimum Gasteiger partial charge on any atom is -0.504 e. The van der Waals surface area contributed by atoms with Gasteiger partial charge in [-0.1, -0.05) is 6.07 Å². The number of carbonyl (C=O) groups excluding carboxylic acids is 2. The van der Waals surface area contributed by atoms with Crippen molar-refractivity contribution in [3.05, 3.63) is 35.0 Å². The first-order valence-electron chi connectivity index (χ1n) is 7.00. The lowest BCUT2D eigenvalue weighted by molar-refractivity contribution is -0.137. The van der Waals surface area contributed by atoms with Crippen LogP contribution in [-0.4, -0.2) is 55.2 Å². The zero-order chi connectivity index (χ0) is 17.3. The molecule has 2 amide bonds. The topological polar surface area (TPSA) is 79.3 Å². The molecule has 7 heteroatoms. The molecule has 124 valence electrons. The van der Waals surface area contributed by atoms with Gasteiger partial charge in [0, 0.05) is 19.8 Å². The molecule has 0 aliphatic carbocycles. The minimum absolute atomic E-state index is 0.0153. The van der Waals surface area contributed by atoms with Crippen LogP contribution in [0.5, 0.6) is 11.5 Å². The summed E-state index contributed by atoms with van der Waals surface area (Å²) in [5.74, 6) is -0.256. The van der Waals surface area contributed by atoms with Gasteiger partial charge in [-0.25, -0.2) is 9.59 Å². The molecule has 1 aromatic rings. The normalized spacial score (nSPS) is 18.3. The number of carbonyl (C=O) groups is 2. The molecule has 0 aromatic heterocycles. The van der Waals surface area contributed by atoms with E-state index in [-0.39, 0.29) is 17.5 Å². The summed E-state index contributed by atoms with van der Waals surface area (Å²) in [5.41, 5.74) is 1.53. The van der Waals surface area contributed by atoms with Gasteiger partial charge in [0.05, 0.1) is 25.8 Å². The van der Waals surface area contributed by atoms with Gasteiger partial charge in [-0.05, 0) is 24.6 Å². The van der Waals surface area contributed by atoms with Crippen LogP contribution in [0.2, 0.25) is 0 Å². The molecule has 0 radical (unpaired) electrons. The van der Waals surface area contributed by atoms with Gasteiger partial charge in [0.1, 0.15) is 0 Å². The van der Waals surface area contributed by atoms with Gasteiger partial charge in [0.25, 0.3) is 0 Å². The van der Waals surface area contributed by atoms with Crippen LogP contribution >= 0.6 is 0 Å². The van der Waals surface area contributed by atoms with Crippen LogP contribution in [0.3, 0.4) is 0 Å². The lowest BCUT2D eigenvalue weighted by atomic mass is 9.93. The van der Waals surface area contributed by atoms with Crippen molar-refractivity contribution < 1.29 is 24.2 Å². The predicted molar refractivity (Wildman–Crippen MR) is 83.0 cm³/mol. The van der Waals surface area contributed by atoms with Crippen molar-refractivity contribution in [2.75, 3.05) is 28.3 Å². The Morgan fingerprint density at radius 3 is 2.48 bits per heavy atom. The van der Waals surface area contributed by atoms with E-state index >= 15 is 0 Å². The van der Waals surface area contributed by atoms with Crippen molar-refractivity contribution in [3.8, 4) is 11.5 Å². The highest BCUT2D eigenvalue weighted by molar-refractivity contribution is 5.94. The highest BCUT2D eigenvalue weighted by Crippen LogP contribution is 2.39. The summed E-state index contributed by atoms with van der Waals surface area (Å²) in [6.45, 7) is 1.70. The fraction of sp³-hybridized carbons (Fsp3) is 0.375. The van der Waals surface area contributed by atoms with Crippen molar-refractivity contribution in [1.82, 2.24) is 9.80 Å². The Labute approximate surface area is 134 Å². The Balaban J connectivity index is 2.65. The summed E-state index contributed by atoms with van der Waals surface area (Å²) >= 11 is 0. The van der Waals surface area contributed by atoms with Crippen LogP contribution in [0, 0.1) is 0 Å². The van der Waals surface area contributed by atoms with E-state index in [0.717, 1.165) is 0 Å². The third-order valence-corrected chi connectivity index (χ3v) is 4.07. The highest BCUT2D eigenvalue weighted by Gasteiger charge is 2.39. The number of allylic oxidation sites excluding steroid dienone is 1. The van der Waals surface area contributed by atoms with Gasteiger partial charge in [-0.2, -0.15) is 0 Å². The Bertz CT molecular complexity index is 683. The summed E-state index contributed by atoms with van der Waals surface area (Å²) in [4.78, 5) is 27.5. The van der Waals surface area contributed by atoms with E-state index in [9.17, 15) is 14.7 Å². The molecule has 1 aliphatic rings. The molecule has 7 nitrogen and oxygen atoms in total. The zero-order valence-corrected chi connectivity index (χ0v) is 13.8. The number of esters is 1. The van der Waals surface area contributed by atoms with Gasteiger partial charge in [0.2, 0.25) is 0 Å². The summed E-state index contributed by atoms with van der Waals surface area (Å²) < 4.78 is 9.99. The number of urea groups is 1. The summed E-state index contributed by atoms with van der Waals surface area (Å²) in [5, 5.41) is 9.75. The van der Waals surface area contributed by atoms with Gasteiger partial charge in [0.15, 0.2) is 11.5 Å². The molecule has 1 atom stereocenters. The van der Waals surface area contributed by atoms with Crippen molar-refractivity contribution >= 4 is 12.0 Å². The van der Waals surface area contributed by atoms with E-state index in [1.807, 2.05) is 0 Å². The molecular formula is C16H20N2O5. The number of methoxy groups -OCH3 is 2. The number of hydrogen-bond acceptors (Lipinski definition) is 5. The molecule has 0 spiro atoms. The Hall–Kier alpha value is -2.70. The van der Waals surface area contributed by atoms with Crippen LogP contribution in [0.4, 0.5) is 4.79 Å². The van der Waals surface area contributed by atoms with Crippen molar-refractivity contribution in [2.24, 2.45) is 0 Å². The van der Waals surface area contributed by atoms with E-state index in [0.29, 0.717) is 16.8 Å². The third kappa shape index (κ3) is 2.69. The van der Waals surface area contributed by atoms with E-state index in [4.69, 9.17) is 9.47 Å². The summed E-state index contributed by atoms with van der Waals surface area (Å²) in [7, 11) is 5.95. The smallest absolute Gasteiger partial charge is 0.337 e. The molecule has 1 aromatic carbocycles. The highest BCUT2D eigenvalue weighted by atomic mass is 16.5. The third-order valence-electron chi connectivity index (χ3n) is 4.07. The number of aromatic hydroxyl groups is 1. The fourth-order valence-electron chi connectivity index (χ4n) is 2.69. The minimum atomic E-state index is -0.624. The maximum Gasteiger partial charge on any atom is 0.337 e. The van der Waals surface area contributed by atoms with Crippen molar-refractivity contribution in [1.29, 1.82) is 0 Å². The molecule has 2 rings (SSSR count). The lowest BCUT2D eigenvalue weighted by Gasteiger charge is -2.39. The average Bonchev–Trinajstić information content (AvgIpc) is 2.56. The first-order valence-corrected chi connectivity index (χ1v) is 7.00. The Kier molecular flexibility index (Phi) is 4.49. The maximum absolute atomic E-state index is 12.4. The molecule has 23 heavy (non-hydrogen) atoms. The standard InChI is InChI=1S/C16H20N2O5/c1-9-13(15(20)23-5)14(18(3)16(21)17(9)2)10-6-7-11(19)12(8-10)22-4/h6-8,14,19H,1-5H3. The molecule has 0 bridgehead atoms. The van der Waals surface area contributed by atoms with Gasteiger partial charge >= 0.3 is 12.0 Å². The summed E-state index contributed by atoms with van der Waals surface area (Å²) in [6.07, 6.45) is 0. The number of benzene rings is 1. The number of nitrogens with zero attached hydrogens (tertiary/aromatic N) is 2. The number of likely N-dealkylation sites (N-methyl/N-ethyl adjacent to an activating group) is 1. The monoisotopic (exact) mass is 320 g/mol. The fourth-order valence-corrected chi connectivity index (χ4v) is 2.69. The molecule has 1 N–H and O–H groups in total. The van der Waals surface area contributed by atoms with Crippen LogP contribution in [0.1, 0.15) is 18.5 Å². The maximum atomic E-state index is 12.4. The first-order chi connectivity index (χ1) is 10.8. The van der Waals surface area contributed by atoms with Crippen LogP contribution in [0.15, 0.2) is 29.5 Å². The van der Waals surface area contributed by atoms with Gasteiger partial charge < -0.3 is 24.4 Å². The van der Waals surface area contributed by atoms with Gasteiger partial charge in [-0.3, -0.25) is 0 Å².